The minimum Gasteiger partial charge on any atom is -0.497 e. The van der Waals surface area contributed by atoms with Crippen LogP contribution in [-0.4, -0.2) is 24.3 Å². The molecule has 4 aromatic rings. The van der Waals surface area contributed by atoms with Gasteiger partial charge in [-0.1, -0.05) is 48.5 Å². The predicted octanol–water partition coefficient (Wildman–Crippen LogP) is 5.71. The Morgan fingerprint density at radius 1 is 0.939 bits per heavy atom. The number of carbonyl (C=O) groups is 1. The van der Waals surface area contributed by atoms with E-state index in [1.54, 1.807) is 73.8 Å². The molecule has 2 N–H and O–H groups in total. The number of aromatic amines is 1. The maximum Gasteiger partial charge on any atom is 0.420 e. The van der Waals surface area contributed by atoms with Gasteiger partial charge in [-0.25, -0.2) is 4.79 Å². The number of urea groups is 1. The molecule has 0 saturated heterocycles. The Balaban J connectivity index is 1.68. The number of fused-ring (bicyclic) bond motifs is 2. The number of alkyl halides is 3. The van der Waals surface area contributed by atoms with E-state index in [0.29, 0.717) is 16.7 Å². The number of carbonyl (C=O) groups excluding carboxylic acids is 1. The predicted molar refractivity (Wildman–Crippen MR) is 119 cm³/mol. The fourth-order valence-corrected chi connectivity index (χ4v) is 4.47. The minimum atomic E-state index is -4.80. The van der Waals surface area contributed by atoms with Crippen LogP contribution in [0.1, 0.15) is 16.7 Å². The fraction of sp³-hybridized carbons (Fsp3) is 0.160. The van der Waals surface area contributed by atoms with Gasteiger partial charge in [-0.3, -0.25) is 4.90 Å². The average molecular weight is 451 g/mol. The highest BCUT2D eigenvalue weighted by Crippen LogP contribution is 2.51. The Bertz CT molecular complexity index is 1330. The molecule has 0 fully saturated rings. The average Bonchev–Trinajstić information content (AvgIpc) is 3.25. The molecule has 33 heavy (non-hydrogen) atoms. The van der Waals surface area contributed by atoms with Gasteiger partial charge >= 0.3 is 12.2 Å². The van der Waals surface area contributed by atoms with Crippen molar-refractivity contribution < 1.29 is 22.7 Å². The molecule has 0 bridgehead atoms. The summed E-state index contributed by atoms with van der Waals surface area (Å²) in [6.07, 6.45) is -3.47. The molecule has 0 saturated carbocycles. The second-order valence-corrected chi connectivity index (χ2v) is 7.88. The zero-order valence-electron chi connectivity index (χ0n) is 17.6. The smallest absolute Gasteiger partial charge is 0.420 e. The van der Waals surface area contributed by atoms with Crippen LogP contribution in [0.25, 0.3) is 10.9 Å². The van der Waals surface area contributed by atoms with Gasteiger partial charge in [0, 0.05) is 28.2 Å². The highest BCUT2D eigenvalue weighted by Gasteiger charge is 2.62. The summed E-state index contributed by atoms with van der Waals surface area (Å²) in [5, 5.41) is 2.73. The molecule has 0 spiro atoms. The first-order valence-electron chi connectivity index (χ1n) is 10.3. The molecule has 2 heterocycles. The molecule has 8 heteroatoms. The quantitative estimate of drug-likeness (QED) is 0.418. The number of methoxy groups -OCH3 is 1. The Kier molecular flexibility index (Phi) is 4.81. The van der Waals surface area contributed by atoms with E-state index in [9.17, 15) is 18.0 Å². The third-order valence-corrected chi connectivity index (χ3v) is 6.06. The number of hydrogen-bond acceptors (Lipinski definition) is 2. The second-order valence-electron chi connectivity index (χ2n) is 7.88. The van der Waals surface area contributed by atoms with E-state index in [1.807, 2.05) is 0 Å². The van der Waals surface area contributed by atoms with Crippen LogP contribution in [0.5, 0.6) is 5.75 Å². The third kappa shape index (κ3) is 3.21. The van der Waals surface area contributed by atoms with Crippen molar-refractivity contribution in [3.63, 3.8) is 0 Å². The van der Waals surface area contributed by atoms with Gasteiger partial charge in [0.25, 0.3) is 0 Å². The number of ether oxygens (including phenoxy) is 1. The molecule has 0 radical (unpaired) electrons. The number of halogens is 3. The van der Waals surface area contributed by atoms with Gasteiger partial charge < -0.3 is 15.0 Å². The Hall–Kier alpha value is -3.94. The summed E-state index contributed by atoms with van der Waals surface area (Å²) in [4.78, 5) is 17.5. The highest BCUT2D eigenvalue weighted by molar-refractivity contribution is 5.98. The van der Waals surface area contributed by atoms with E-state index < -0.39 is 17.7 Å². The molecule has 5 nitrogen and oxygen atoms in total. The standard InChI is InChI=1S/C25H20F3N3O2/c1-33-17-12-10-16(11-13-17)15-31-22-9-5-3-7-19(22)24(25(26,27)28,30-23(31)32)20-14-29-21-8-4-2-6-18(20)21/h2-14,29H,15H2,1H3,(H,30,32)/t24-/m1/s1. The Labute approximate surface area is 187 Å². The van der Waals surface area contributed by atoms with Crippen LogP contribution in [0.4, 0.5) is 23.7 Å². The van der Waals surface area contributed by atoms with Gasteiger partial charge in [-0.15, -0.1) is 0 Å². The lowest BCUT2D eigenvalue weighted by molar-refractivity contribution is -0.184. The SMILES string of the molecule is COc1ccc(CN2C(=O)N[C@](c3c[nH]c4ccccc34)(C(F)(F)F)c3ccccc32)cc1. The number of H-pyrrole nitrogens is 1. The van der Waals surface area contributed by atoms with Gasteiger partial charge in [0.15, 0.2) is 5.54 Å². The molecule has 1 aliphatic rings. The summed E-state index contributed by atoms with van der Waals surface area (Å²) in [6, 6.07) is 19.1. The molecule has 168 valence electrons. The molecule has 2 amide bonds. The molecular weight excluding hydrogens is 431 g/mol. The summed E-state index contributed by atoms with van der Waals surface area (Å²) in [5.74, 6) is 0.651. The number of amides is 2. The van der Waals surface area contributed by atoms with Crippen molar-refractivity contribution in [2.24, 2.45) is 0 Å². The largest absolute Gasteiger partial charge is 0.497 e. The van der Waals surface area contributed by atoms with Gasteiger partial charge in [0.1, 0.15) is 5.75 Å². The molecule has 1 atom stereocenters. The van der Waals surface area contributed by atoms with E-state index in [-0.39, 0.29) is 23.4 Å². The number of nitrogens with one attached hydrogen (secondary N) is 2. The fourth-order valence-electron chi connectivity index (χ4n) is 4.47. The van der Waals surface area contributed by atoms with Crippen LogP contribution in [0.15, 0.2) is 79.0 Å². The van der Waals surface area contributed by atoms with Crippen LogP contribution in [0, 0.1) is 0 Å². The van der Waals surface area contributed by atoms with Crippen molar-refractivity contribution in [1.29, 1.82) is 0 Å². The second kappa shape index (κ2) is 7.58. The lowest BCUT2D eigenvalue weighted by atomic mass is 9.79. The maximum atomic E-state index is 14.9. The minimum absolute atomic E-state index is 0.0321. The number of rotatable bonds is 4. The third-order valence-electron chi connectivity index (χ3n) is 6.06. The summed E-state index contributed by atoms with van der Waals surface area (Å²) in [6.45, 7) is 0.106. The topological polar surface area (TPSA) is 57.4 Å². The highest BCUT2D eigenvalue weighted by atomic mass is 19.4. The zero-order chi connectivity index (χ0) is 23.2. The molecule has 1 aliphatic heterocycles. The molecule has 0 aliphatic carbocycles. The van der Waals surface area contributed by atoms with Crippen LogP contribution in [0.2, 0.25) is 0 Å². The van der Waals surface area contributed by atoms with Crippen molar-refractivity contribution in [3.8, 4) is 5.75 Å². The lowest BCUT2D eigenvalue weighted by Gasteiger charge is -2.44. The van der Waals surface area contributed by atoms with Gasteiger partial charge in [0.2, 0.25) is 0 Å². The van der Waals surface area contributed by atoms with E-state index in [4.69, 9.17) is 4.74 Å². The first kappa shape index (κ1) is 20.9. The number of hydrogen-bond donors (Lipinski definition) is 2. The number of benzene rings is 3. The number of para-hydroxylation sites is 2. The van der Waals surface area contributed by atoms with Gasteiger partial charge in [-0.05, 0) is 29.8 Å². The number of anilines is 1. The number of nitrogens with zero attached hydrogens (tertiary/aromatic N) is 1. The van der Waals surface area contributed by atoms with Gasteiger partial charge in [0.05, 0.1) is 19.3 Å². The lowest BCUT2D eigenvalue weighted by Crippen LogP contribution is -2.63. The zero-order valence-corrected chi connectivity index (χ0v) is 17.6. The van der Waals surface area contributed by atoms with Crippen LogP contribution < -0.4 is 15.0 Å². The molecule has 1 aromatic heterocycles. The van der Waals surface area contributed by atoms with Crippen molar-refractivity contribution >= 4 is 22.6 Å². The molecule has 5 rings (SSSR count). The molecule has 3 aromatic carbocycles. The van der Waals surface area contributed by atoms with Crippen LogP contribution in [0.3, 0.4) is 0 Å². The van der Waals surface area contributed by atoms with Crippen molar-refractivity contribution in [2.45, 2.75) is 18.3 Å². The van der Waals surface area contributed by atoms with Crippen LogP contribution >= 0.6 is 0 Å². The van der Waals surface area contributed by atoms with Crippen molar-refractivity contribution in [2.75, 3.05) is 12.0 Å². The van der Waals surface area contributed by atoms with E-state index in [0.717, 1.165) is 5.56 Å². The van der Waals surface area contributed by atoms with E-state index in [2.05, 4.69) is 10.3 Å². The van der Waals surface area contributed by atoms with Crippen molar-refractivity contribution in [3.05, 3.63) is 95.7 Å². The molecule has 0 unspecified atom stereocenters. The van der Waals surface area contributed by atoms with E-state index >= 15 is 0 Å². The maximum absolute atomic E-state index is 14.9. The Morgan fingerprint density at radius 3 is 2.36 bits per heavy atom. The summed E-state index contributed by atoms with van der Waals surface area (Å²) in [7, 11) is 1.55. The number of aromatic nitrogens is 1. The van der Waals surface area contributed by atoms with Gasteiger partial charge in [-0.2, -0.15) is 13.2 Å². The summed E-state index contributed by atoms with van der Waals surface area (Å²) >= 11 is 0. The normalized spacial score (nSPS) is 18.2. The van der Waals surface area contributed by atoms with Crippen LogP contribution in [-0.2, 0) is 12.1 Å². The first-order chi connectivity index (χ1) is 15.8. The molecular formula is C25H20F3N3O2. The Morgan fingerprint density at radius 2 is 1.64 bits per heavy atom. The summed E-state index contributed by atoms with van der Waals surface area (Å²) < 4.78 is 49.9. The first-order valence-corrected chi connectivity index (χ1v) is 10.3. The summed E-state index contributed by atoms with van der Waals surface area (Å²) in [5.41, 5.74) is -1.25. The van der Waals surface area contributed by atoms with E-state index in [1.165, 1.54) is 17.2 Å². The monoisotopic (exact) mass is 451 g/mol. The van der Waals surface area contributed by atoms with Crippen molar-refractivity contribution in [1.82, 2.24) is 10.3 Å².